The van der Waals surface area contributed by atoms with Gasteiger partial charge in [0.1, 0.15) is 0 Å². The summed E-state index contributed by atoms with van der Waals surface area (Å²) in [5, 5.41) is 8.62. The molecule has 2 aliphatic heterocycles. The van der Waals surface area contributed by atoms with Crippen LogP contribution in [0.1, 0.15) is 0 Å². The number of hydrogen-bond donors (Lipinski definition) is 0. The van der Waals surface area contributed by atoms with Crippen LogP contribution in [0.3, 0.4) is 0 Å². The van der Waals surface area contributed by atoms with Crippen molar-refractivity contribution < 1.29 is 9.53 Å². The second-order valence-corrected chi connectivity index (χ2v) is 4.70. The molecular formula is C12H20N4O2. The number of piperazine rings is 1. The molecule has 6 heteroatoms. The summed E-state index contributed by atoms with van der Waals surface area (Å²) >= 11 is 0. The van der Waals surface area contributed by atoms with Crippen LogP contribution < -0.4 is 0 Å². The quantitative estimate of drug-likeness (QED) is 0.602. The average molecular weight is 252 g/mol. The Morgan fingerprint density at radius 1 is 1.06 bits per heavy atom. The van der Waals surface area contributed by atoms with Gasteiger partial charge in [0.25, 0.3) is 0 Å². The van der Waals surface area contributed by atoms with E-state index in [-0.39, 0.29) is 5.91 Å². The second kappa shape index (κ2) is 6.69. The van der Waals surface area contributed by atoms with Gasteiger partial charge in [-0.1, -0.05) is 0 Å². The molecule has 0 spiro atoms. The minimum Gasteiger partial charge on any atom is -0.379 e. The van der Waals surface area contributed by atoms with E-state index < -0.39 is 0 Å². The summed E-state index contributed by atoms with van der Waals surface area (Å²) < 4.78 is 5.26. The molecule has 2 rings (SSSR count). The Balaban J connectivity index is 1.72. The monoisotopic (exact) mass is 252 g/mol. The normalized spacial score (nSPS) is 22.7. The van der Waals surface area contributed by atoms with E-state index >= 15 is 0 Å². The van der Waals surface area contributed by atoms with Crippen molar-refractivity contribution in [3.63, 3.8) is 0 Å². The van der Waals surface area contributed by atoms with Crippen LogP contribution in [0.15, 0.2) is 0 Å². The molecule has 0 bridgehead atoms. The van der Waals surface area contributed by atoms with Crippen molar-refractivity contribution in [2.75, 3.05) is 65.6 Å². The highest BCUT2D eigenvalue weighted by Gasteiger charge is 2.23. The lowest BCUT2D eigenvalue weighted by Gasteiger charge is -2.35. The van der Waals surface area contributed by atoms with E-state index in [0.717, 1.165) is 52.5 Å². The molecule has 0 aliphatic carbocycles. The van der Waals surface area contributed by atoms with Crippen molar-refractivity contribution in [1.29, 1.82) is 5.26 Å². The van der Waals surface area contributed by atoms with Gasteiger partial charge in [-0.15, -0.1) is 0 Å². The number of morpholine rings is 1. The third-order valence-corrected chi connectivity index (χ3v) is 3.48. The largest absolute Gasteiger partial charge is 0.379 e. The lowest BCUT2D eigenvalue weighted by Crippen LogP contribution is -2.52. The number of hydrogen-bond acceptors (Lipinski definition) is 5. The van der Waals surface area contributed by atoms with Gasteiger partial charge in [0.05, 0.1) is 32.4 Å². The number of ether oxygens (including phenoxy) is 1. The van der Waals surface area contributed by atoms with Gasteiger partial charge < -0.3 is 9.64 Å². The van der Waals surface area contributed by atoms with E-state index in [2.05, 4.69) is 15.9 Å². The first-order valence-corrected chi connectivity index (χ1v) is 6.47. The smallest absolute Gasteiger partial charge is 0.236 e. The van der Waals surface area contributed by atoms with Crippen LogP contribution in [0.2, 0.25) is 0 Å². The van der Waals surface area contributed by atoms with Gasteiger partial charge in [0.2, 0.25) is 5.91 Å². The molecule has 0 aromatic heterocycles. The first-order chi connectivity index (χ1) is 8.79. The molecule has 2 aliphatic rings. The highest BCUT2D eigenvalue weighted by atomic mass is 16.5. The maximum Gasteiger partial charge on any atom is 0.236 e. The van der Waals surface area contributed by atoms with E-state index in [1.165, 1.54) is 0 Å². The van der Waals surface area contributed by atoms with E-state index in [1.807, 2.05) is 4.90 Å². The van der Waals surface area contributed by atoms with Gasteiger partial charge in [-0.2, -0.15) is 5.26 Å². The zero-order valence-electron chi connectivity index (χ0n) is 10.7. The predicted molar refractivity (Wildman–Crippen MR) is 65.9 cm³/mol. The molecule has 0 aromatic carbocycles. The minimum absolute atomic E-state index is 0.202. The fraction of sp³-hybridized carbons (Fsp3) is 0.833. The van der Waals surface area contributed by atoms with Crippen LogP contribution in [-0.4, -0.2) is 86.2 Å². The summed E-state index contributed by atoms with van der Waals surface area (Å²) in [7, 11) is 0. The molecule has 0 radical (unpaired) electrons. The molecular weight excluding hydrogens is 232 g/mol. The number of rotatable bonds is 3. The molecule has 18 heavy (non-hydrogen) atoms. The highest BCUT2D eigenvalue weighted by Crippen LogP contribution is 2.04. The topological polar surface area (TPSA) is 59.8 Å². The van der Waals surface area contributed by atoms with E-state index in [0.29, 0.717) is 13.1 Å². The molecule has 2 heterocycles. The van der Waals surface area contributed by atoms with Gasteiger partial charge >= 0.3 is 0 Å². The Bertz CT molecular complexity index is 315. The molecule has 2 saturated heterocycles. The fourth-order valence-corrected chi connectivity index (χ4v) is 2.31. The third-order valence-electron chi connectivity index (χ3n) is 3.48. The number of carbonyl (C=O) groups is 1. The van der Waals surface area contributed by atoms with E-state index in [9.17, 15) is 4.79 Å². The molecule has 0 saturated carbocycles. The Kier molecular flexibility index (Phi) is 4.93. The van der Waals surface area contributed by atoms with Crippen molar-refractivity contribution in [2.24, 2.45) is 0 Å². The Hall–Kier alpha value is -1.16. The van der Waals surface area contributed by atoms with Crippen LogP contribution in [-0.2, 0) is 9.53 Å². The summed E-state index contributed by atoms with van der Waals surface area (Å²) in [6.45, 7) is 7.21. The standard InChI is InChI=1S/C12H20N4O2/c13-1-2-14-3-5-16(6-4-14)12(17)11-15-7-9-18-10-8-15/h2-11H2. The zero-order chi connectivity index (χ0) is 12.8. The van der Waals surface area contributed by atoms with Gasteiger partial charge in [0.15, 0.2) is 0 Å². The lowest BCUT2D eigenvalue weighted by atomic mass is 10.3. The minimum atomic E-state index is 0.202. The maximum absolute atomic E-state index is 12.1. The van der Waals surface area contributed by atoms with Crippen LogP contribution in [0.4, 0.5) is 0 Å². The molecule has 0 aromatic rings. The van der Waals surface area contributed by atoms with Crippen molar-refractivity contribution in [3.8, 4) is 6.07 Å². The Morgan fingerprint density at radius 3 is 2.33 bits per heavy atom. The molecule has 0 unspecified atom stereocenters. The van der Waals surface area contributed by atoms with Crippen molar-refractivity contribution in [1.82, 2.24) is 14.7 Å². The van der Waals surface area contributed by atoms with Crippen molar-refractivity contribution >= 4 is 5.91 Å². The van der Waals surface area contributed by atoms with E-state index in [4.69, 9.17) is 10.00 Å². The van der Waals surface area contributed by atoms with Gasteiger partial charge in [-0.3, -0.25) is 14.6 Å². The van der Waals surface area contributed by atoms with Crippen molar-refractivity contribution in [3.05, 3.63) is 0 Å². The summed E-state index contributed by atoms with van der Waals surface area (Å²) in [5.41, 5.74) is 0. The maximum atomic E-state index is 12.1. The molecule has 1 amide bonds. The third kappa shape index (κ3) is 3.67. The number of amides is 1. The summed E-state index contributed by atoms with van der Waals surface area (Å²) in [5.74, 6) is 0.202. The van der Waals surface area contributed by atoms with Crippen LogP contribution in [0.5, 0.6) is 0 Å². The number of carbonyl (C=O) groups excluding carboxylic acids is 1. The predicted octanol–water partition coefficient (Wildman–Crippen LogP) is -1.01. The molecule has 2 fully saturated rings. The first-order valence-electron chi connectivity index (χ1n) is 6.47. The summed E-state index contributed by atoms with van der Waals surface area (Å²) in [6.07, 6.45) is 0. The lowest BCUT2D eigenvalue weighted by molar-refractivity contribution is -0.135. The number of nitrogens with zero attached hydrogens (tertiary/aromatic N) is 4. The van der Waals surface area contributed by atoms with Gasteiger partial charge in [-0.25, -0.2) is 0 Å². The average Bonchev–Trinajstić information content (AvgIpc) is 2.41. The SMILES string of the molecule is N#CCN1CCN(C(=O)CN2CCOCC2)CC1. The summed E-state index contributed by atoms with van der Waals surface area (Å²) in [4.78, 5) is 18.2. The Morgan fingerprint density at radius 2 is 1.72 bits per heavy atom. The molecule has 0 atom stereocenters. The summed E-state index contributed by atoms with van der Waals surface area (Å²) in [6, 6.07) is 2.15. The second-order valence-electron chi connectivity index (χ2n) is 4.70. The van der Waals surface area contributed by atoms with E-state index in [1.54, 1.807) is 0 Å². The highest BCUT2D eigenvalue weighted by molar-refractivity contribution is 5.78. The Labute approximate surface area is 108 Å². The molecule has 6 nitrogen and oxygen atoms in total. The van der Waals surface area contributed by atoms with Gasteiger partial charge in [-0.05, 0) is 0 Å². The number of nitriles is 1. The van der Waals surface area contributed by atoms with Crippen LogP contribution >= 0.6 is 0 Å². The van der Waals surface area contributed by atoms with Gasteiger partial charge in [0, 0.05) is 39.3 Å². The molecule has 100 valence electrons. The fourth-order valence-electron chi connectivity index (χ4n) is 2.31. The zero-order valence-corrected chi connectivity index (χ0v) is 10.7. The first kappa shape index (κ1) is 13.3. The van der Waals surface area contributed by atoms with Crippen molar-refractivity contribution in [2.45, 2.75) is 0 Å². The van der Waals surface area contributed by atoms with Crippen LogP contribution in [0, 0.1) is 11.3 Å². The van der Waals surface area contributed by atoms with Crippen LogP contribution in [0.25, 0.3) is 0 Å². The molecule has 0 N–H and O–H groups in total.